The fraction of sp³-hybridized carbons (Fsp3) is 0.696. The lowest BCUT2D eigenvalue weighted by Gasteiger charge is -2.66. The molecule has 1 spiro atoms. The number of amides is 1. The second-order valence-electron chi connectivity index (χ2n) is 10.3. The summed E-state index contributed by atoms with van der Waals surface area (Å²) in [6, 6.07) is 5.90. The maximum Gasteiger partial charge on any atom is 0.220 e. The second-order valence-corrected chi connectivity index (χ2v) is 10.3. The standard InChI is InChI=1S/C23H30N2O3/c26-17-4-3-16-11-19-23(28)8-7-21(6-5-20(27)24-21)14-22(23,18(16)12-17)9-10-25(19)13-15-1-2-15/h3-4,12,15,19,26,28H,1-2,5-11,13-14H2,(H,24,27)/t19-,21+,22-,23-/m1/s1. The van der Waals surface area contributed by atoms with Crippen LogP contribution in [0, 0.1) is 5.92 Å². The molecule has 5 nitrogen and oxygen atoms in total. The average molecular weight is 383 g/mol. The molecule has 5 heteroatoms. The fourth-order valence-corrected chi connectivity index (χ4v) is 7.17. The van der Waals surface area contributed by atoms with E-state index in [0.29, 0.717) is 6.42 Å². The first-order valence-electron chi connectivity index (χ1n) is 11.0. The molecule has 5 aliphatic rings. The number of phenols is 1. The third-order valence-corrected chi connectivity index (χ3v) is 8.72. The van der Waals surface area contributed by atoms with Crippen molar-refractivity contribution in [2.24, 2.45) is 5.92 Å². The first-order chi connectivity index (χ1) is 13.4. The van der Waals surface area contributed by atoms with E-state index in [2.05, 4.69) is 16.3 Å². The topological polar surface area (TPSA) is 72.8 Å². The summed E-state index contributed by atoms with van der Waals surface area (Å²) in [6.45, 7) is 2.11. The van der Waals surface area contributed by atoms with Gasteiger partial charge in [-0.25, -0.2) is 0 Å². The Morgan fingerprint density at radius 2 is 2.04 bits per heavy atom. The number of carbonyl (C=O) groups is 1. The average Bonchev–Trinajstić information content (AvgIpc) is 3.41. The van der Waals surface area contributed by atoms with E-state index in [0.717, 1.165) is 63.1 Å². The monoisotopic (exact) mass is 382 g/mol. The number of likely N-dealkylation sites (tertiary alicyclic amines) is 1. The van der Waals surface area contributed by atoms with E-state index in [1.807, 2.05) is 6.07 Å². The number of rotatable bonds is 2. The molecule has 1 aromatic rings. The predicted molar refractivity (Wildman–Crippen MR) is 105 cm³/mol. The van der Waals surface area contributed by atoms with Crippen LogP contribution in [0.1, 0.15) is 62.5 Å². The molecule has 0 unspecified atom stereocenters. The van der Waals surface area contributed by atoms with Gasteiger partial charge in [-0.2, -0.15) is 0 Å². The molecule has 1 aromatic carbocycles. The van der Waals surface area contributed by atoms with Gasteiger partial charge in [0, 0.05) is 30.0 Å². The Bertz CT molecular complexity index is 852. The molecule has 2 saturated heterocycles. The third-order valence-electron chi connectivity index (χ3n) is 8.72. The number of benzene rings is 1. The maximum absolute atomic E-state index is 12.3. The summed E-state index contributed by atoms with van der Waals surface area (Å²) in [6.07, 6.45) is 8.27. The summed E-state index contributed by atoms with van der Waals surface area (Å²) >= 11 is 0. The minimum atomic E-state index is -0.778. The van der Waals surface area contributed by atoms with Crippen LogP contribution in [0.5, 0.6) is 5.75 Å². The van der Waals surface area contributed by atoms with Crippen molar-refractivity contribution in [3.63, 3.8) is 0 Å². The van der Waals surface area contributed by atoms with Crippen LogP contribution in [-0.2, 0) is 16.6 Å². The highest BCUT2D eigenvalue weighted by Gasteiger charge is 2.67. The Morgan fingerprint density at radius 1 is 1.18 bits per heavy atom. The van der Waals surface area contributed by atoms with Crippen molar-refractivity contribution in [2.45, 2.75) is 80.4 Å². The first-order valence-corrected chi connectivity index (χ1v) is 11.0. The highest BCUT2D eigenvalue weighted by atomic mass is 16.3. The van der Waals surface area contributed by atoms with Gasteiger partial charge in [0.15, 0.2) is 0 Å². The smallest absolute Gasteiger partial charge is 0.220 e. The van der Waals surface area contributed by atoms with Gasteiger partial charge in [0.25, 0.3) is 0 Å². The number of hydrogen-bond donors (Lipinski definition) is 3. The highest BCUT2D eigenvalue weighted by molar-refractivity contribution is 5.79. The van der Waals surface area contributed by atoms with Crippen molar-refractivity contribution in [1.82, 2.24) is 10.2 Å². The lowest BCUT2D eigenvalue weighted by atomic mass is 9.46. The zero-order valence-electron chi connectivity index (χ0n) is 16.4. The van der Waals surface area contributed by atoms with Gasteiger partial charge >= 0.3 is 0 Å². The summed E-state index contributed by atoms with van der Waals surface area (Å²) in [5.41, 5.74) is 1.07. The van der Waals surface area contributed by atoms with Crippen molar-refractivity contribution in [3.8, 4) is 5.75 Å². The summed E-state index contributed by atoms with van der Waals surface area (Å²) in [5, 5.41) is 25.8. The zero-order chi connectivity index (χ0) is 19.1. The first kappa shape index (κ1) is 17.3. The van der Waals surface area contributed by atoms with E-state index in [9.17, 15) is 15.0 Å². The number of aromatic hydroxyl groups is 1. The Labute approximate surface area is 166 Å². The molecule has 2 aliphatic heterocycles. The Hall–Kier alpha value is -1.59. The van der Waals surface area contributed by atoms with Gasteiger partial charge in [0.05, 0.1) is 5.60 Å². The van der Waals surface area contributed by atoms with Crippen LogP contribution < -0.4 is 5.32 Å². The van der Waals surface area contributed by atoms with E-state index in [1.54, 1.807) is 6.07 Å². The Morgan fingerprint density at radius 3 is 2.79 bits per heavy atom. The van der Waals surface area contributed by atoms with Crippen molar-refractivity contribution < 1.29 is 15.0 Å². The molecule has 1 amide bonds. The number of piperidine rings is 1. The van der Waals surface area contributed by atoms with Crippen LogP contribution in [0.25, 0.3) is 0 Å². The number of phenolic OH excluding ortho intramolecular Hbond substituents is 1. The van der Waals surface area contributed by atoms with Gasteiger partial charge in [-0.1, -0.05) is 6.07 Å². The second kappa shape index (κ2) is 5.51. The Balaban J connectivity index is 1.48. The summed E-state index contributed by atoms with van der Waals surface area (Å²) < 4.78 is 0. The normalized spacial score (nSPS) is 42.2. The molecule has 4 fully saturated rings. The number of aliphatic hydroxyl groups is 1. The predicted octanol–water partition coefficient (Wildman–Crippen LogP) is 2.23. The summed E-state index contributed by atoms with van der Waals surface area (Å²) in [5.74, 6) is 1.24. The molecular weight excluding hydrogens is 352 g/mol. The summed E-state index contributed by atoms with van der Waals surface area (Å²) in [7, 11) is 0. The molecule has 2 heterocycles. The minimum Gasteiger partial charge on any atom is -0.508 e. The fourth-order valence-electron chi connectivity index (χ4n) is 7.17. The molecule has 2 bridgehead atoms. The molecule has 0 aromatic heterocycles. The number of hydrogen-bond acceptors (Lipinski definition) is 4. The molecule has 28 heavy (non-hydrogen) atoms. The van der Waals surface area contributed by atoms with Crippen LogP contribution in [0.2, 0.25) is 0 Å². The van der Waals surface area contributed by atoms with Crippen LogP contribution in [0.15, 0.2) is 18.2 Å². The van der Waals surface area contributed by atoms with Crippen molar-refractivity contribution in [2.75, 3.05) is 13.1 Å². The molecule has 2 saturated carbocycles. The minimum absolute atomic E-state index is 0.147. The molecule has 6 rings (SSSR count). The van der Waals surface area contributed by atoms with Gasteiger partial charge in [0.1, 0.15) is 5.75 Å². The number of carbonyl (C=O) groups excluding carboxylic acids is 1. The molecule has 3 N–H and O–H groups in total. The maximum atomic E-state index is 12.3. The van der Waals surface area contributed by atoms with Crippen LogP contribution in [0.4, 0.5) is 0 Å². The molecule has 150 valence electrons. The van der Waals surface area contributed by atoms with Crippen LogP contribution in [0.3, 0.4) is 0 Å². The van der Waals surface area contributed by atoms with Crippen molar-refractivity contribution in [1.29, 1.82) is 0 Å². The van der Waals surface area contributed by atoms with Gasteiger partial charge in [-0.3, -0.25) is 9.69 Å². The molecule has 0 radical (unpaired) electrons. The molecule has 4 atom stereocenters. The van der Waals surface area contributed by atoms with E-state index < -0.39 is 5.60 Å². The lowest BCUT2D eigenvalue weighted by molar-refractivity contribution is -0.179. The van der Waals surface area contributed by atoms with E-state index >= 15 is 0 Å². The van der Waals surface area contributed by atoms with Crippen molar-refractivity contribution >= 4 is 5.91 Å². The van der Waals surface area contributed by atoms with E-state index in [-0.39, 0.29) is 28.7 Å². The highest BCUT2D eigenvalue weighted by Crippen LogP contribution is 2.61. The number of nitrogens with zero attached hydrogens (tertiary/aromatic N) is 1. The molecular formula is C23H30N2O3. The van der Waals surface area contributed by atoms with Gasteiger partial charge in [0.2, 0.25) is 5.91 Å². The third kappa shape index (κ3) is 2.23. The van der Waals surface area contributed by atoms with Crippen LogP contribution in [-0.4, -0.2) is 51.3 Å². The van der Waals surface area contributed by atoms with E-state index in [1.165, 1.54) is 18.4 Å². The lowest BCUT2D eigenvalue weighted by Crippen LogP contribution is -2.75. The summed E-state index contributed by atoms with van der Waals surface area (Å²) in [4.78, 5) is 14.7. The van der Waals surface area contributed by atoms with Gasteiger partial charge < -0.3 is 15.5 Å². The Kier molecular flexibility index (Phi) is 3.40. The quantitative estimate of drug-likeness (QED) is 0.734. The number of fused-ring (bicyclic) bond motifs is 1. The SMILES string of the molecule is O=C1CC[C@@]2(CC[C@@]3(O)[C@H]4Cc5ccc(O)cc5[C@@]3(CCN4CC3CC3)C2)N1. The van der Waals surface area contributed by atoms with Gasteiger partial charge in [-0.15, -0.1) is 0 Å². The van der Waals surface area contributed by atoms with Crippen molar-refractivity contribution in [3.05, 3.63) is 29.3 Å². The van der Waals surface area contributed by atoms with Crippen LogP contribution >= 0.6 is 0 Å². The largest absolute Gasteiger partial charge is 0.508 e. The zero-order valence-corrected chi connectivity index (χ0v) is 16.4. The van der Waals surface area contributed by atoms with Gasteiger partial charge in [-0.05, 0) is 87.1 Å². The molecule has 3 aliphatic carbocycles. The number of nitrogens with one attached hydrogen (secondary N) is 1. The van der Waals surface area contributed by atoms with E-state index in [4.69, 9.17) is 0 Å².